The number of aryl methyl sites for hydroxylation is 3. The fourth-order valence-electron chi connectivity index (χ4n) is 5.22. The van der Waals surface area contributed by atoms with Crippen molar-refractivity contribution in [3.63, 3.8) is 0 Å². The average Bonchev–Trinajstić information content (AvgIpc) is 3.24. The van der Waals surface area contributed by atoms with Crippen molar-refractivity contribution in [2.45, 2.75) is 47.3 Å². The van der Waals surface area contributed by atoms with Crippen LogP contribution in [0, 0.1) is 20.8 Å². The molecule has 0 bridgehead atoms. The first kappa shape index (κ1) is 29.8. The number of aromatic nitrogens is 1. The summed E-state index contributed by atoms with van der Waals surface area (Å²) in [6.07, 6.45) is 1.81. The van der Waals surface area contributed by atoms with Gasteiger partial charge in [0.15, 0.2) is 4.80 Å². The van der Waals surface area contributed by atoms with Crippen molar-refractivity contribution >= 4 is 46.6 Å². The van der Waals surface area contributed by atoms with Crippen LogP contribution in [0.1, 0.15) is 53.3 Å². The van der Waals surface area contributed by atoms with Crippen LogP contribution in [-0.4, -0.2) is 17.1 Å². The number of hydrogen-bond donors (Lipinski definition) is 0. The van der Waals surface area contributed by atoms with E-state index in [2.05, 4.69) is 37.9 Å². The number of hydrogen-bond acceptors (Lipinski definition) is 6. The fourth-order valence-corrected chi connectivity index (χ4v) is 6.68. The van der Waals surface area contributed by atoms with Crippen molar-refractivity contribution in [3.05, 3.63) is 129 Å². The quantitative estimate of drug-likeness (QED) is 0.218. The molecule has 0 amide bonds. The summed E-state index contributed by atoms with van der Waals surface area (Å²) in [6, 6.07) is 16.2. The van der Waals surface area contributed by atoms with E-state index in [1.54, 1.807) is 32.0 Å². The smallest absolute Gasteiger partial charge is 0.338 e. The number of thiazole rings is 1. The summed E-state index contributed by atoms with van der Waals surface area (Å²) in [5.41, 5.74) is 6.60. The van der Waals surface area contributed by atoms with E-state index < -0.39 is 12.0 Å². The Hall–Kier alpha value is -3.65. The first-order valence-electron chi connectivity index (χ1n) is 13.5. The van der Waals surface area contributed by atoms with E-state index in [0.29, 0.717) is 32.2 Å². The molecule has 216 valence electrons. The third-order valence-corrected chi connectivity index (χ3v) is 9.01. The second-order valence-corrected chi connectivity index (χ2v) is 12.0. The molecule has 0 spiro atoms. The van der Waals surface area contributed by atoms with Crippen LogP contribution in [0.25, 0.3) is 6.08 Å². The molecule has 4 aromatic rings. The number of esters is 1. The minimum absolute atomic E-state index is 0.181. The summed E-state index contributed by atoms with van der Waals surface area (Å²) in [5.74, 6) is 0.180. The molecular weight excluding hydrogens is 591 g/mol. The number of rotatable bonds is 7. The highest BCUT2D eigenvalue weighted by Gasteiger charge is 2.34. The van der Waals surface area contributed by atoms with Gasteiger partial charge in [0.1, 0.15) is 18.4 Å². The fraction of sp³-hybridized carbons (Fsp3) is 0.242. The first-order chi connectivity index (χ1) is 20.1. The maximum Gasteiger partial charge on any atom is 0.338 e. The molecule has 0 aliphatic carbocycles. The van der Waals surface area contributed by atoms with Gasteiger partial charge in [-0.25, -0.2) is 9.79 Å². The molecule has 0 saturated carbocycles. The van der Waals surface area contributed by atoms with Crippen molar-refractivity contribution < 1.29 is 14.3 Å². The standard InChI is InChI=1S/C33H30Cl2N2O4S/c1-6-40-32(39)28-21(5)36-33-37(30(28)24-8-7-9-26(34)29(24)35)31(38)27(42-33)16-22-10-12-23(13-11-22)41-17-25-19(3)14-18(2)15-20(25)4/h7-16,30H,6,17H2,1-5H3/b27-16-/t30-/m0/s1. The predicted molar refractivity (Wildman–Crippen MR) is 168 cm³/mol. The third-order valence-electron chi connectivity index (χ3n) is 7.19. The van der Waals surface area contributed by atoms with Crippen LogP contribution in [0.15, 0.2) is 75.7 Å². The van der Waals surface area contributed by atoms with Gasteiger partial charge in [0.05, 0.1) is 32.5 Å². The van der Waals surface area contributed by atoms with Gasteiger partial charge in [0.2, 0.25) is 0 Å². The highest BCUT2D eigenvalue weighted by molar-refractivity contribution is 7.07. The summed E-state index contributed by atoms with van der Waals surface area (Å²) in [4.78, 5) is 32.0. The Morgan fingerprint density at radius 3 is 2.40 bits per heavy atom. The zero-order valence-electron chi connectivity index (χ0n) is 24.0. The van der Waals surface area contributed by atoms with Gasteiger partial charge in [-0.15, -0.1) is 0 Å². The molecule has 1 aliphatic rings. The van der Waals surface area contributed by atoms with Crippen molar-refractivity contribution in [1.82, 2.24) is 4.57 Å². The Morgan fingerprint density at radius 1 is 1.05 bits per heavy atom. The second-order valence-electron chi connectivity index (χ2n) is 10.2. The summed E-state index contributed by atoms with van der Waals surface area (Å²) in [6.45, 7) is 10.4. The first-order valence-corrected chi connectivity index (χ1v) is 15.1. The molecule has 1 aliphatic heterocycles. The van der Waals surface area contributed by atoms with Crippen LogP contribution in [-0.2, 0) is 16.1 Å². The van der Waals surface area contributed by atoms with Crippen LogP contribution >= 0.6 is 34.5 Å². The van der Waals surface area contributed by atoms with Crippen molar-refractivity contribution in [2.75, 3.05) is 6.61 Å². The number of allylic oxidation sites excluding steroid dienone is 1. The van der Waals surface area contributed by atoms with Gasteiger partial charge in [-0.05, 0) is 81.1 Å². The lowest BCUT2D eigenvalue weighted by molar-refractivity contribution is -0.139. The van der Waals surface area contributed by atoms with E-state index in [9.17, 15) is 9.59 Å². The molecule has 1 atom stereocenters. The molecule has 2 heterocycles. The molecule has 42 heavy (non-hydrogen) atoms. The number of fused-ring (bicyclic) bond motifs is 1. The maximum atomic E-state index is 13.9. The minimum atomic E-state index is -0.835. The summed E-state index contributed by atoms with van der Waals surface area (Å²) in [7, 11) is 0. The molecule has 0 saturated heterocycles. The number of carbonyl (C=O) groups is 1. The van der Waals surface area contributed by atoms with E-state index in [0.717, 1.165) is 11.3 Å². The number of ether oxygens (including phenoxy) is 2. The maximum absolute atomic E-state index is 13.9. The van der Waals surface area contributed by atoms with Crippen LogP contribution in [0.3, 0.4) is 0 Å². The van der Waals surface area contributed by atoms with Crippen molar-refractivity contribution in [3.8, 4) is 5.75 Å². The van der Waals surface area contributed by atoms with Gasteiger partial charge in [-0.2, -0.15) is 0 Å². The van der Waals surface area contributed by atoms with Crippen molar-refractivity contribution in [1.29, 1.82) is 0 Å². The van der Waals surface area contributed by atoms with Gasteiger partial charge >= 0.3 is 5.97 Å². The van der Waals surface area contributed by atoms with Crippen LogP contribution in [0.5, 0.6) is 5.75 Å². The largest absolute Gasteiger partial charge is 0.489 e. The number of benzene rings is 3. The molecule has 5 rings (SSSR count). The molecular formula is C33H30Cl2N2O4S. The Labute approximate surface area is 258 Å². The third kappa shape index (κ3) is 5.82. The monoisotopic (exact) mass is 620 g/mol. The Morgan fingerprint density at radius 2 is 1.74 bits per heavy atom. The Balaban J connectivity index is 1.51. The Kier molecular flexibility index (Phi) is 8.73. The molecule has 0 radical (unpaired) electrons. The lowest BCUT2D eigenvalue weighted by Crippen LogP contribution is -2.40. The zero-order valence-corrected chi connectivity index (χ0v) is 26.3. The van der Waals surface area contributed by atoms with E-state index >= 15 is 0 Å². The summed E-state index contributed by atoms with van der Waals surface area (Å²) in [5, 5.41) is 0.589. The Bertz CT molecular complexity index is 1880. The number of carbonyl (C=O) groups excluding carboxylic acids is 1. The highest BCUT2D eigenvalue weighted by atomic mass is 35.5. The summed E-state index contributed by atoms with van der Waals surface area (Å²) >= 11 is 14.2. The lowest BCUT2D eigenvalue weighted by atomic mass is 9.96. The van der Waals surface area contributed by atoms with Gasteiger partial charge in [-0.3, -0.25) is 9.36 Å². The predicted octanol–water partition coefficient (Wildman–Crippen LogP) is 6.61. The van der Waals surface area contributed by atoms with Crippen LogP contribution in [0.4, 0.5) is 0 Å². The molecule has 6 nitrogen and oxygen atoms in total. The SMILES string of the molecule is CCOC(=O)C1=C(C)N=c2s/c(=C\c3ccc(OCc4c(C)cc(C)cc4C)cc3)c(=O)n2[C@H]1c1cccc(Cl)c1Cl. The van der Waals surface area contributed by atoms with Gasteiger partial charge in [0.25, 0.3) is 5.56 Å². The summed E-state index contributed by atoms with van der Waals surface area (Å²) < 4.78 is 13.4. The van der Waals surface area contributed by atoms with E-state index in [1.807, 2.05) is 30.3 Å². The normalized spacial score (nSPS) is 14.9. The van der Waals surface area contributed by atoms with E-state index in [-0.39, 0.29) is 22.8 Å². The average molecular weight is 622 g/mol. The highest BCUT2D eigenvalue weighted by Crippen LogP contribution is 2.37. The van der Waals surface area contributed by atoms with Crippen molar-refractivity contribution in [2.24, 2.45) is 4.99 Å². The number of nitrogens with zero attached hydrogens (tertiary/aromatic N) is 2. The minimum Gasteiger partial charge on any atom is -0.489 e. The van der Waals surface area contributed by atoms with Gasteiger partial charge in [-0.1, -0.05) is 76.5 Å². The van der Waals surface area contributed by atoms with Gasteiger partial charge in [0, 0.05) is 5.56 Å². The lowest BCUT2D eigenvalue weighted by Gasteiger charge is -2.25. The second kappa shape index (κ2) is 12.3. The molecule has 0 N–H and O–H groups in total. The number of halogens is 2. The molecule has 0 unspecified atom stereocenters. The topological polar surface area (TPSA) is 69.9 Å². The van der Waals surface area contributed by atoms with E-state index in [4.69, 9.17) is 32.7 Å². The van der Waals surface area contributed by atoms with Crippen LogP contribution in [0.2, 0.25) is 10.0 Å². The van der Waals surface area contributed by atoms with Gasteiger partial charge < -0.3 is 9.47 Å². The molecule has 0 fully saturated rings. The van der Waals surface area contributed by atoms with Crippen LogP contribution < -0.4 is 19.6 Å². The molecule has 3 aromatic carbocycles. The van der Waals surface area contributed by atoms with E-state index in [1.165, 1.54) is 38.2 Å². The molecule has 9 heteroatoms. The zero-order chi connectivity index (χ0) is 30.1. The molecule has 1 aromatic heterocycles.